The summed E-state index contributed by atoms with van der Waals surface area (Å²) in [7, 11) is -3.62. The maximum atomic E-state index is 13.5. The smallest absolute Gasteiger partial charge is 0.242 e. The van der Waals surface area contributed by atoms with Gasteiger partial charge in [-0.15, -0.1) is 0 Å². The third-order valence-corrected chi connectivity index (χ3v) is 9.07. The van der Waals surface area contributed by atoms with Gasteiger partial charge in [-0.3, -0.25) is 13.9 Å². The van der Waals surface area contributed by atoms with E-state index in [-0.39, 0.29) is 43.8 Å². The Kier molecular flexibility index (Phi) is 10.3. The molecule has 0 unspecified atom stereocenters. The van der Waals surface area contributed by atoms with Crippen molar-refractivity contribution in [1.29, 1.82) is 0 Å². The summed E-state index contributed by atoms with van der Waals surface area (Å²) in [5.74, 6) is 0.700. The zero-order chi connectivity index (χ0) is 28.7. The summed E-state index contributed by atoms with van der Waals surface area (Å²) in [6, 6.07) is 12.1. The molecule has 1 atom stereocenters. The molecule has 2 aromatic rings. The number of anilines is 1. The van der Waals surface area contributed by atoms with Crippen molar-refractivity contribution in [3.05, 3.63) is 52.5 Å². The summed E-state index contributed by atoms with van der Waals surface area (Å²) >= 11 is 3.44. The zero-order valence-corrected chi connectivity index (χ0v) is 25.5. The molecule has 0 bridgehead atoms. The molecule has 1 aliphatic heterocycles. The third kappa shape index (κ3) is 8.13. The Morgan fingerprint density at radius 1 is 1.02 bits per heavy atom. The highest BCUT2D eigenvalue weighted by Gasteiger charge is 2.28. The van der Waals surface area contributed by atoms with E-state index in [1.807, 2.05) is 24.3 Å². The minimum absolute atomic E-state index is 0.0914. The molecule has 218 valence electrons. The first-order chi connectivity index (χ1) is 19.1. The number of hydrogen-bond donors (Lipinski definition) is 1. The first-order valence-electron chi connectivity index (χ1n) is 13.8. The lowest BCUT2D eigenvalue weighted by Gasteiger charge is -2.31. The maximum Gasteiger partial charge on any atom is 0.242 e. The Labute approximate surface area is 245 Å². The van der Waals surface area contributed by atoms with E-state index in [1.165, 1.54) is 10.7 Å². The molecule has 2 amide bonds. The fraction of sp³-hybridized carbons (Fsp3) is 0.517. The molecule has 1 N–H and O–H groups in total. The largest absolute Gasteiger partial charge is 0.486 e. The molecule has 0 saturated heterocycles. The average molecular weight is 637 g/mol. The lowest BCUT2D eigenvalue weighted by molar-refractivity contribution is -0.141. The fourth-order valence-electron chi connectivity index (χ4n) is 5.13. The van der Waals surface area contributed by atoms with Crippen molar-refractivity contribution in [1.82, 2.24) is 10.2 Å². The molecule has 4 rings (SSSR count). The minimum Gasteiger partial charge on any atom is -0.486 e. The third-order valence-electron chi connectivity index (χ3n) is 7.35. The van der Waals surface area contributed by atoms with Crippen molar-refractivity contribution in [3.8, 4) is 11.5 Å². The lowest BCUT2D eigenvalue weighted by Crippen LogP contribution is -2.50. The van der Waals surface area contributed by atoms with Crippen LogP contribution in [-0.2, 0) is 26.2 Å². The Morgan fingerprint density at radius 2 is 1.70 bits per heavy atom. The quantitative estimate of drug-likeness (QED) is 0.386. The SMILES string of the molecule is C[C@@H](C(=O)NC1CCCCC1)N(Cc1ccc(Br)cc1)C(=O)CCCN(c1ccc2c(c1)OCCO2)S(C)(=O)=O. The van der Waals surface area contributed by atoms with Crippen LogP contribution in [0.2, 0.25) is 0 Å². The van der Waals surface area contributed by atoms with Crippen LogP contribution in [0, 0.1) is 0 Å². The van der Waals surface area contributed by atoms with E-state index in [2.05, 4.69) is 21.2 Å². The average Bonchev–Trinajstić information content (AvgIpc) is 2.94. The second-order valence-electron chi connectivity index (χ2n) is 10.4. The molecule has 2 aromatic carbocycles. The van der Waals surface area contributed by atoms with Crippen LogP contribution in [0.15, 0.2) is 46.9 Å². The number of ether oxygens (including phenoxy) is 2. The van der Waals surface area contributed by atoms with Gasteiger partial charge in [0.2, 0.25) is 21.8 Å². The van der Waals surface area contributed by atoms with Crippen molar-refractivity contribution >= 4 is 43.5 Å². The number of nitrogens with zero attached hydrogens (tertiary/aromatic N) is 2. The van der Waals surface area contributed by atoms with E-state index in [1.54, 1.807) is 30.0 Å². The lowest BCUT2D eigenvalue weighted by atomic mass is 9.95. The molecule has 9 nitrogen and oxygen atoms in total. The van der Waals surface area contributed by atoms with Crippen LogP contribution < -0.4 is 19.1 Å². The van der Waals surface area contributed by atoms with Gasteiger partial charge in [0.15, 0.2) is 11.5 Å². The van der Waals surface area contributed by atoms with Gasteiger partial charge in [0.1, 0.15) is 19.3 Å². The number of rotatable bonds is 11. The number of carbonyl (C=O) groups excluding carboxylic acids is 2. The summed E-state index contributed by atoms with van der Waals surface area (Å²) in [6.07, 6.45) is 6.82. The molecule has 2 aliphatic rings. The Morgan fingerprint density at radius 3 is 2.38 bits per heavy atom. The van der Waals surface area contributed by atoms with E-state index in [4.69, 9.17) is 9.47 Å². The van der Waals surface area contributed by atoms with Gasteiger partial charge in [0.05, 0.1) is 11.9 Å². The van der Waals surface area contributed by atoms with Gasteiger partial charge in [-0.05, 0) is 56.0 Å². The van der Waals surface area contributed by atoms with Crippen molar-refractivity contribution in [3.63, 3.8) is 0 Å². The highest BCUT2D eigenvalue weighted by Crippen LogP contribution is 2.34. The summed E-state index contributed by atoms with van der Waals surface area (Å²) in [6.45, 7) is 2.98. The number of fused-ring (bicyclic) bond motifs is 1. The number of halogens is 1. The first kappa shape index (κ1) is 30.2. The van der Waals surface area contributed by atoms with E-state index in [0.29, 0.717) is 30.4 Å². The number of hydrogen-bond acceptors (Lipinski definition) is 6. The van der Waals surface area contributed by atoms with E-state index in [9.17, 15) is 18.0 Å². The molecule has 0 aromatic heterocycles. The van der Waals surface area contributed by atoms with E-state index < -0.39 is 16.1 Å². The van der Waals surface area contributed by atoms with Crippen LogP contribution in [0.4, 0.5) is 5.69 Å². The van der Waals surface area contributed by atoms with Crippen LogP contribution in [-0.4, -0.2) is 63.2 Å². The van der Waals surface area contributed by atoms with Crippen LogP contribution in [0.25, 0.3) is 0 Å². The number of carbonyl (C=O) groups is 2. The second kappa shape index (κ2) is 13.7. The van der Waals surface area contributed by atoms with Gasteiger partial charge in [0.25, 0.3) is 0 Å². The Balaban J connectivity index is 1.45. The molecule has 40 heavy (non-hydrogen) atoms. The molecular formula is C29H38BrN3O6S. The highest BCUT2D eigenvalue weighted by atomic mass is 79.9. The van der Waals surface area contributed by atoms with Crippen LogP contribution in [0.5, 0.6) is 11.5 Å². The van der Waals surface area contributed by atoms with Gasteiger partial charge in [-0.2, -0.15) is 0 Å². The zero-order valence-electron chi connectivity index (χ0n) is 23.1. The normalized spacial score (nSPS) is 16.2. The topological polar surface area (TPSA) is 105 Å². The predicted octanol–water partition coefficient (Wildman–Crippen LogP) is 4.63. The fourth-order valence-corrected chi connectivity index (χ4v) is 6.35. The van der Waals surface area contributed by atoms with Gasteiger partial charge < -0.3 is 19.7 Å². The molecule has 1 heterocycles. The predicted molar refractivity (Wildman–Crippen MR) is 158 cm³/mol. The summed E-state index contributed by atoms with van der Waals surface area (Å²) in [4.78, 5) is 28.3. The summed E-state index contributed by atoms with van der Waals surface area (Å²) < 4.78 is 38.7. The molecule has 1 fully saturated rings. The van der Waals surface area contributed by atoms with Crippen molar-refractivity contribution < 1.29 is 27.5 Å². The van der Waals surface area contributed by atoms with Crippen molar-refractivity contribution in [2.24, 2.45) is 0 Å². The molecule has 1 saturated carbocycles. The number of nitrogens with one attached hydrogen (secondary N) is 1. The van der Waals surface area contributed by atoms with Crippen LogP contribution in [0.1, 0.15) is 57.4 Å². The first-order valence-corrected chi connectivity index (χ1v) is 16.5. The van der Waals surface area contributed by atoms with Gasteiger partial charge >= 0.3 is 0 Å². The standard InChI is InChI=1S/C29H38BrN3O6S/c1-21(29(35)31-24-7-4-3-5-8-24)32(20-22-10-12-23(30)13-11-22)28(34)9-6-16-33(40(2,36)37)25-14-15-26-27(19-25)39-18-17-38-26/h10-15,19,21,24H,3-9,16-18,20H2,1-2H3,(H,31,35)/t21-/m0/s1. The Hall–Kier alpha value is -2.79. The van der Waals surface area contributed by atoms with Gasteiger partial charge in [0, 0.05) is 36.1 Å². The summed E-state index contributed by atoms with van der Waals surface area (Å²) in [5, 5.41) is 3.14. The van der Waals surface area contributed by atoms with Crippen molar-refractivity contribution in [2.75, 3.05) is 30.3 Å². The monoisotopic (exact) mass is 635 g/mol. The number of amides is 2. The molecule has 0 radical (unpaired) electrons. The van der Waals surface area contributed by atoms with E-state index in [0.717, 1.165) is 42.0 Å². The minimum atomic E-state index is -3.62. The van der Waals surface area contributed by atoms with Gasteiger partial charge in [-0.1, -0.05) is 47.3 Å². The number of benzene rings is 2. The molecule has 1 aliphatic carbocycles. The molecule has 0 spiro atoms. The number of sulfonamides is 1. The Bertz CT molecular complexity index is 1280. The summed E-state index contributed by atoms with van der Waals surface area (Å²) in [5.41, 5.74) is 1.36. The van der Waals surface area contributed by atoms with Crippen LogP contribution in [0.3, 0.4) is 0 Å². The molecule has 11 heteroatoms. The second-order valence-corrected chi connectivity index (χ2v) is 13.3. The van der Waals surface area contributed by atoms with E-state index >= 15 is 0 Å². The van der Waals surface area contributed by atoms with Gasteiger partial charge in [-0.25, -0.2) is 8.42 Å². The maximum absolute atomic E-state index is 13.5. The van der Waals surface area contributed by atoms with Crippen molar-refractivity contribution in [2.45, 2.75) is 70.5 Å². The highest BCUT2D eigenvalue weighted by molar-refractivity contribution is 9.10. The van der Waals surface area contributed by atoms with Crippen LogP contribution >= 0.6 is 15.9 Å². The molecular weight excluding hydrogens is 598 g/mol.